The van der Waals surface area contributed by atoms with Crippen molar-refractivity contribution in [3.8, 4) is 11.8 Å². The minimum absolute atomic E-state index is 0.0163. The van der Waals surface area contributed by atoms with Crippen LogP contribution in [0.5, 0.6) is 5.75 Å². The largest absolute Gasteiger partial charge is 0.495 e. The van der Waals surface area contributed by atoms with E-state index >= 15 is 0 Å². The lowest BCUT2D eigenvalue weighted by molar-refractivity contribution is -0.112. The Balaban J connectivity index is 2.02. The van der Waals surface area contributed by atoms with Gasteiger partial charge >= 0.3 is 6.09 Å². The predicted molar refractivity (Wildman–Crippen MR) is 90.9 cm³/mol. The molecular weight excluding hydrogens is 324 g/mol. The Bertz CT molecular complexity index is 703. The maximum Gasteiger partial charge on any atom is 0.409 e. The van der Waals surface area contributed by atoms with Gasteiger partial charge in [0.1, 0.15) is 17.4 Å². The second-order valence-electron chi connectivity index (χ2n) is 5.30. The van der Waals surface area contributed by atoms with E-state index in [0.29, 0.717) is 37.6 Å². The maximum absolute atomic E-state index is 12.3. The van der Waals surface area contributed by atoms with E-state index in [2.05, 4.69) is 10.1 Å². The number of rotatable bonds is 4. The third kappa shape index (κ3) is 4.64. The summed E-state index contributed by atoms with van der Waals surface area (Å²) in [7, 11) is 2.84. The smallest absolute Gasteiger partial charge is 0.409 e. The molecule has 25 heavy (non-hydrogen) atoms. The van der Waals surface area contributed by atoms with Crippen molar-refractivity contribution in [3.05, 3.63) is 36.0 Å². The number of piperazine rings is 1. The molecule has 1 saturated heterocycles. The average Bonchev–Trinajstić information content (AvgIpc) is 2.66. The molecule has 8 heteroatoms. The predicted octanol–water partition coefficient (Wildman–Crippen LogP) is 1.43. The summed E-state index contributed by atoms with van der Waals surface area (Å²) >= 11 is 0. The summed E-state index contributed by atoms with van der Waals surface area (Å²) in [5.41, 5.74) is 0.476. The SMILES string of the molecule is COC(=O)N1CCN(/C=C(/C#N)C(=O)Nc2ccccc2OC)CC1. The van der Waals surface area contributed by atoms with Gasteiger partial charge in [0.05, 0.1) is 19.9 Å². The number of hydrogen-bond donors (Lipinski definition) is 1. The van der Waals surface area contributed by atoms with Crippen molar-refractivity contribution in [2.24, 2.45) is 0 Å². The first kappa shape index (κ1) is 18.1. The Labute approximate surface area is 146 Å². The van der Waals surface area contributed by atoms with Gasteiger partial charge in [0.2, 0.25) is 0 Å². The summed E-state index contributed by atoms with van der Waals surface area (Å²) in [5.74, 6) is 0.00206. The topological polar surface area (TPSA) is 94.9 Å². The van der Waals surface area contributed by atoms with Crippen LogP contribution in [0.15, 0.2) is 36.0 Å². The highest BCUT2D eigenvalue weighted by Crippen LogP contribution is 2.23. The molecule has 0 radical (unpaired) electrons. The fourth-order valence-corrected chi connectivity index (χ4v) is 2.42. The van der Waals surface area contributed by atoms with Crippen LogP contribution in [-0.4, -0.2) is 62.2 Å². The van der Waals surface area contributed by atoms with E-state index < -0.39 is 5.91 Å². The summed E-state index contributed by atoms with van der Waals surface area (Å²) in [4.78, 5) is 27.2. The standard InChI is InChI=1S/C17H20N4O4/c1-24-15-6-4-3-5-14(15)19-16(22)13(11-18)12-20-7-9-21(10-8-20)17(23)25-2/h3-6,12H,7-10H2,1-2H3,(H,19,22)/b13-12-. The van der Waals surface area contributed by atoms with Crippen molar-refractivity contribution in [1.82, 2.24) is 9.80 Å². The highest BCUT2D eigenvalue weighted by Gasteiger charge is 2.21. The molecule has 0 aliphatic carbocycles. The van der Waals surface area contributed by atoms with Gasteiger partial charge in [-0.2, -0.15) is 5.26 Å². The van der Waals surface area contributed by atoms with Crippen LogP contribution in [0.1, 0.15) is 0 Å². The molecule has 8 nitrogen and oxygen atoms in total. The van der Waals surface area contributed by atoms with Crippen molar-refractivity contribution in [2.45, 2.75) is 0 Å². The number of amides is 2. The molecule has 132 valence electrons. The second kappa shape index (κ2) is 8.59. The van der Waals surface area contributed by atoms with Gasteiger partial charge in [-0.05, 0) is 12.1 Å². The van der Waals surface area contributed by atoms with E-state index in [9.17, 15) is 14.9 Å². The number of benzene rings is 1. The molecule has 1 aliphatic heterocycles. The van der Waals surface area contributed by atoms with Crippen molar-refractivity contribution in [1.29, 1.82) is 5.26 Å². The first-order valence-electron chi connectivity index (χ1n) is 7.72. The number of nitriles is 1. The monoisotopic (exact) mass is 344 g/mol. The Morgan fingerprint density at radius 2 is 1.88 bits per heavy atom. The quantitative estimate of drug-likeness (QED) is 0.656. The molecule has 1 heterocycles. The van der Waals surface area contributed by atoms with E-state index in [4.69, 9.17) is 4.74 Å². The van der Waals surface area contributed by atoms with E-state index in [1.165, 1.54) is 20.4 Å². The number of methoxy groups -OCH3 is 2. The number of nitrogens with one attached hydrogen (secondary N) is 1. The van der Waals surface area contributed by atoms with Crippen molar-refractivity contribution < 1.29 is 19.1 Å². The summed E-state index contributed by atoms with van der Waals surface area (Å²) in [6, 6.07) is 8.88. The van der Waals surface area contributed by atoms with Crippen LogP contribution < -0.4 is 10.1 Å². The van der Waals surface area contributed by atoms with Crippen molar-refractivity contribution in [3.63, 3.8) is 0 Å². The molecule has 1 aromatic rings. The molecule has 0 spiro atoms. The van der Waals surface area contributed by atoms with Crippen LogP contribution in [0.4, 0.5) is 10.5 Å². The first-order valence-corrected chi connectivity index (χ1v) is 7.72. The lowest BCUT2D eigenvalue weighted by Crippen LogP contribution is -2.47. The molecule has 0 bridgehead atoms. The Kier molecular flexibility index (Phi) is 6.23. The molecule has 1 aromatic carbocycles. The van der Waals surface area contributed by atoms with Gasteiger partial charge in [-0.25, -0.2) is 4.79 Å². The number of carbonyl (C=O) groups excluding carboxylic acids is 2. The average molecular weight is 344 g/mol. The summed E-state index contributed by atoms with van der Waals surface area (Å²) < 4.78 is 9.86. The van der Waals surface area contributed by atoms with Gasteiger partial charge in [0.25, 0.3) is 5.91 Å². The highest BCUT2D eigenvalue weighted by molar-refractivity contribution is 6.07. The number of anilines is 1. The number of hydrogen-bond acceptors (Lipinski definition) is 6. The molecule has 2 rings (SSSR count). The van der Waals surface area contributed by atoms with Gasteiger partial charge in [-0.3, -0.25) is 4.79 Å². The fraction of sp³-hybridized carbons (Fsp3) is 0.353. The third-order valence-corrected chi connectivity index (χ3v) is 3.78. The lowest BCUT2D eigenvalue weighted by Gasteiger charge is -2.33. The summed E-state index contributed by atoms with van der Waals surface area (Å²) in [6.07, 6.45) is 1.14. The zero-order valence-corrected chi connectivity index (χ0v) is 14.2. The molecule has 0 aromatic heterocycles. The zero-order chi connectivity index (χ0) is 18.2. The van der Waals surface area contributed by atoms with Gasteiger partial charge in [0.15, 0.2) is 0 Å². The van der Waals surface area contributed by atoms with E-state index in [-0.39, 0.29) is 11.7 Å². The molecule has 2 amide bonds. The number of ether oxygens (including phenoxy) is 2. The van der Waals surface area contributed by atoms with Crippen LogP contribution in [0, 0.1) is 11.3 Å². The second-order valence-corrected chi connectivity index (χ2v) is 5.30. The van der Waals surface area contributed by atoms with Crippen molar-refractivity contribution >= 4 is 17.7 Å². The first-order chi connectivity index (χ1) is 12.1. The third-order valence-electron chi connectivity index (χ3n) is 3.78. The molecule has 0 atom stereocenters. The zero-order valence-electron chi connectivity index (χ0n) is 14.2. The molecule has 1 aliphatic rings. The van der Waals surface area contributed by atoms with Gasteiger partial charge in [-0.1, -0.05) is 12.1 Å². The molecule has 0 unspecified atom stereocenters. The molecule has 1 N–H and O–H groups in total. The van der Waals surface area contributed by atoms with Crippen molar-refractivity contribution in [2.75, 3.05) is 45.7 Å². The number of para-hydroxylation sites is 2. The summed E-state index contributed by atoms with van der Waals surface area (Å²) in [6.45, 7) is 1.97. The van der Waals surface area contributed by atoms with E-state index in [1.54, 1.807) is 29.2 Å². The van der Waals surface area contributed by atoms with E-state index in [1.807, 2.05) is 11.0 Å². The summed E-state index contributed by atoms with van der Waals surface area (Å²) in [5, 5.41) is 12.0. The molecule has 0 saturated carbocycles. The number of nitrogens with zero attached hydrogens (tertiary/aromatic N) is 3. The van der Waals surface area contributed by atoms with Crippen LogP contribution in [0.25, 0.3) is 0 Å². The Morgan fingerprint density at radius 3 is 2.48 bits per heavy atom. The molecule has 1 fully saturated rings. The molecular formula is C17H20N4O4. The van der Waals surface area contributed by atoms with Gasteiger partial charge in [-0.15, -0.1) is 0 Å². The minimum atomic E-state index is -0.512. The van der Waals surface area contributed by atoms with Crippen LogP contribution >= 0.6 is 0 Å². The van der Waals surface area contributed by atoms with E-state index in [0.717, 1.165) is 0 Å². The maximum atomic E-state index is 12.3. The fourth-order valence-electron chi connectivity index (χ4n) is 2.42. The minimum Gasteiger partial charge on any atom is -0.495 e. The normalized spacial score (nSPS) is 14.5. The van der Waals surface area contributed by atoms with Crippen LogP contribution in [0.2, 0.25) is 0 Å². The van der Waals surface area contributed by atoms with Crippen LogP contribution in [-0.2, 0) is 9.53 Å². The Morgan fingerprint density at radius 1 is 1.20 bits per heavy atom. The number of carbonyl (C=O) groups is 2. The van der Waals surface area contributed by atoms with Gasteiger partial charge in [0, 0.05) is 32.4 Å². The van der Waals surface area contributed by atoms with Crippen LogP contribution in [0.3, 0.4) is 0 Å². The Hall–Kier alpha value is -3.21. The lowest BCUT2D eigenvalue weighted by atomic mass is 10.2. The highest BCUT2D eigenvalue weighted by atomic mass is 16.5. The van der Waals surface area contributed by atoms with Gasteiger partial charge < -0.3 is 24.6 Å².